The summed E-state index contributed by atoms with van der Waals surface area (Å²) in [4.78, 5) is 40.9. The van der Waals surface area contributed by atoms with E-state index in [0.29, 0.717) is 48.7 Å². The van der Waals surface area contributed by atoms with Gasteiger partial charge in [-0.15, -0.1) is 0 Å². The zero-order valence-electron chi connectivity index (χ0n) is 18.8. The Labute approximate surface area is 193 Å². The normalized spacial score (nSPS) is 13.5. The molecule has 0 aliphatic carbocycles. The molecule has 1 fully saturated rings. The monoisotopic (exact) mass is 442 g/mol. The van der Waals surface area contributed by atoms with Crippen LogP contribution in [0.15, 0.2) is 66.7 Å². The number of hydrogen-bond acceptors (Lipinski definition) is 4. The van der Waals surface area contributed by atoms with Crippen molar-refractivity contribution in [1.29, 1.82) is 0 Å². The van der Waals surface area contributed by atoms with Gasteiger partial charge in [0.05, 0.1) is 18.8 Å². The summed E-state index contributed by atoms with van der Waals surface area (Å²) >= 11 is 0. The van der Waals surface area contributed by atoms with E-state index in [1.165, 1.54) is 0 Å². The van der Waals surface area contributed by atoms with Gasteiger partial charge in [0.25, 0.3) is 11.8 Å². The highest BCUT2D eigenvalue weighted by Gasteiger charge is 2.21. The molecule has 3 aromatic rings. The largest absolute Gasteiger partial charge is 0.378 e. The van der Waals surface area contributed by atoms with Crippen LogP contribution in [0.3, 0.4) is 0 Å². The number of rotatable bonds is 5. The summed E-state index contributed by atoms with van der Waals surface area (Å²) in [5, 5.41) is 2.84. The molecule has 0 bridgehead atoms. The lowest BCUT2D eigenvalue weighted by Gasteiger charge is -2.27. The van der Waals surface area contributed by atoms with Crippen LogP contribution in [-0.2, 0) is 4.74 Å². The maximum absolute atomic E-state index is 13.3. The van der Waals surface area contributed by atoms with Crippen LogP contribution in [0.2, 0.25) is 0 Å². The van der Waals surface area contributed by atoms with Gasteiger partial charge in [0, 0.05) is 35.5 Å². The van der Waals surface area contributed by atoms with Gasteiger partial charge in [0.2, 0.25) is 0 Å². The second kappa shape index (κ2) is 9.79. The standard InChI is InChI=1S/C27H26N2O4/c1-18-10-11-19(2)24(16-18)25(30)22-8-3-4-9-23(22)26(31)28-21-7-5-6-20(17-21)27(32)29-12-14-33-15-13-29/h3-11,16-17H,12-15H2,1-2H3,(H,28,31). The van der Waals surface area contributed by atoms with Crippen LogP contribution in [0, 0.1) is 13.8 Å². The summed E-state index contributed by atoms with van der Waals surface area (Å²) in [5.41, 5.74) is 4.02. The summed E-state index contributed by atoms with van der Waals surface area (Å²) in [6, 6.07) is 19.3. The average Bonchev–Trinajstić information content (AvgIpc) is 2.85. The highest BCUT2D eigenvalue weighted by molar-refractivity contribution is 6.18. The number of anilines is 1. The van der Waals surface area contributed by atoms with Crippen molar-refractivity contribution >= 4 is 23.3 Å². The van der Waals surface area contributed by atoms with E-state index in [2.05, 4.69) is 5.32 Å². The molecule has 1 saturated heterocycles. The third-order valence-electron chi connectivity index (χ3n) is 5.72. The van der Waals surface area contributed by atoms with Crippen LogP contribution in [-0.4, -0.2) is 48.8 Å². The minimum atomic E-state index is -0.403. The molecule has 0 unspecified atom stereocenters. The zero-order valence-corrected chi connectivity index (χ0v) is 18.8. The van der Waals surface area contributed by atoms with E-state index in [1.807, 2.05) is 32.0 Å². The van der Waals surface area contributed by atoms with Gasteiger partial charge in [-0.1, -0.05) is 42.0 Å². The van der Waals surface area contributed by atoms with Gasteiger partial charge in [0.15, 0.2) is 5.78 Å². The lowest BCUT2D eigenvalue weighted by atomic mass is 9.94. The van der Waals surface area contributed by atoms with E-state index in [-0.39, 0.29) is 17.3 Å². The molecule has 3 aromatic carbocycles. The number of nitrogens with zero attached hydrogens (tertiary/aromatic N) is 1. The predicted octanol–water partition coefficient (Wildman–Crippen LogP) is 4.26. The molecule has 0 spiro atoms. The summed E-state index contributed by atoms with van der Waals surface area (Å²) in [7, 11) is 0. The smallest absolute Gasteiger partial charge is 0.256 e. The first-order chi connectivity index (χ1) is 15.9. The highest BCUT2D eigenvalue weighted by Crippen LogP contribution is 2.21. The Hall–Kier alpha value is -3.77. The molecule has 0 atom stereocenters. The van der Waals surface area contributed by atoms with Gasteiger partial charge in [-0.3, -0.25) is 14.4 Å². The van der Waals surface area contributed by atoms with Crippen LogP contribution >= 0.6 is 0 Å². The number of amides is 2. The third-order valence-corrected chi connectivity index (χ3v) is 5.72. The van der Waals surface area contributed by atoms with Crippen LogP contribution in [0.25, 0.3) is 0 Å². The molecule has 33 heavy (non-hydrogen) atoms. The van der Waals surface area contributed by atoms with Crippen molar-refractivity contribution in [3.63, 3.8) is 0 Å². The molecule has 1 heterocycles. The third kappa shape index (κ3) is 5.02. The lowest BCUT2D eigenvalue weighted by molar-refractivity contribution is 0.0303. The Morgan fingerprint density at radius 2 is 1.55 bits per heavy atom. The molecule has 0 aromatic heterocycles. The van der Waals surface area contributed by atoms with Crippen LogP contribution in [0.1, 0.15) is 47.8 Å². The topological polar surface area (TPSA) is 75.7 Å². The minimum Gasteiger partial charge on any atom is -0.378 e. The van der Waals surface area contributed by atoms with Gasteiger partial charge in [0.1, 0.15) is 0 Å². The van der Waals surface area contributed by atoms with E-state index in [1.54, 1.807) is 53.4 Å². The van der Waals surface area contributed by atoms with Crippen LogP contribution in [0.5, 0.6) is 0 Å². The number of carbonyl (C=O) groups is 3. The van der Waals surface area contributed by atoms with Crippen molar-refractivity contribution in [2.45, 2.75) is 13.8 Å². The van der Waals surface area contributed by atoms with E-state index < -0.39 is 5.91 Å². The molecule has 1 N–H and O–H groups in total. The van der Waals surface area contributed by atoms with Crippen molar-refractivity contribution in [3.05, 3.63) is 100 Å². The second-order valence-electron chi connectivity index (χ2n) is 8.13. The first-order valence-electron chi connectivity index (χ1n) is 10.9. The van der Waals surface area contributed by atoms with E-state index in [0.717, 1.165) is 11.1 Å². The predicted molar refractivity (Wildman–Crippen MR) is 127 cm³/mol. The molecule has 168 valence electrons. The fourth-order valence-corrected chi connectivity index (χ4v) is 3.88. The van der Waals surface area contributed by atoms with Crippen molar-refractivity contribution in [3.8, 4) is 0 Å². The molecule has 6 heteroatoms. The Morgan fingerprint density at radius 3 is 2.30 bits per heavy atom. The van der Waals surface area contributed by atoms with Gasteiger partial charge in [-0.25, -0.2) is 0 Å². The number of benzene rings is 3. The van der Waals surface area contributed by atoms with Crippen LogP contribution < -0.4 is 5.32 Å². The first kappa shape index (κ1) is 22.4. The molecule has 6 nitrogen and oxygen atoms in total. The van der Waals surface area contributed by atoms with Crippen molar-refractivity contribution < 1.29 is 19.1 Å². The number of ketones is 1. The fraction of sp³-hybridized carbons (Fsp3) is 0.222. The number of hydrogen-bond donors (Lipinski definition) is 1. The fourth-order valence-electron chi connectivity index (χ4n) is 3.88. The molecular formula is C27H26N2O4. The summed E-state index contributed by atoms with van der Waals surface area (Å²) in [6.45, 7) is 5.94. The Balaban J connectivity index is 1.57. The summed E-state index contributed by atoms with van der Waals surface area (Å²) in [6.07, 6.45) is 0. The number of aryl methyl sites for hydroxylation is 2. The van der Waals surface area contributed by atoms with Gasteiger partial charge in [-0.2, -0.15) is 0 Å². The molecule has 4 rings (SSSR count). The second-order valence-corrected chi connectivity index (χ2v) is 8.13. The van der Waals surface area contributed by atoms with E-state index in [9.17, 15) is 14.4 Å². The van der Waals surface area contributed by atoms with Crippen molar-refractivity contribution in [1.82, 2.24) is 4.90 Å². The first-order valence-corrected chi connectivity index (χ1v) is 10.9. The van der Waals surface area contributed by atoms with Gasteiger partial charge >= 0.3 is 0 Å². The Morgan fingerprint density at radius 1 is 0.818 bits per heavy atom. The van der Waals surface area contributed by atoms with Crippen LogP contribution in [0.4, 0.5) is 5.69 Å². The molecule has 0 saturated carbocycles. The Kier molecular flexibility index (Phi) is 6.66. The molecule has 0 radical (unpaired) electrons. The highest BCUT2D eigenvalue weighted by atomic mass is 16.5. The number of carbonyl (C=O) groups excluding carboxylic acids is 3. The SMILES string of the molecule is Cc1ccc(C)c(C(=O)c2ccccc2C(=O)Nc2cccc(C(=O)N3CCOCC3)c2)c1. The van der Waals surface area contributed by atoms with Gasteiger partial charge in [-0.05, 0) is 49.7 Å². The number of nitrogens with one attached hydrogen (secondary N) is 1. The summed E-state index contributed by atoms with van der Waals surface area (Å²) < 4.78 is 5.31. The Bertz CT molecular complexity index is 1210. The maximum atomic E-state index is 13.3. The quantitative estimate of drug-likeness (QED) is 0.599. The molecular weight excluding hydrogens is 416 g/mol. The van der Waals surface area contributed by atoms with Gasteiger partial charge < -0.3 is 15.0 Å². The van der Waals surface area contributed by atoms with Crippen molar-refractivity contribution in [2.75, 3.05) is 31.6 Å². The lowest BCUT2D eigenvalue weighted by Crippen LogP contribution is -2.40. The number of ether oxygens (including phenoxy) is 1. The van der Waals surface area contributed by atoms with E-state index in [4.69, 9.17) is 4.74 Å². The average molecular weight is 443 g/mol. The molecule has 1 aliphatic heterocycles. The van der Waals surface area contributed by atoms with E-state index >= 15 is 0 Å². The molecule has 2 amide bonds. The maximum Gasteiger partial charge on any atom is 0.256 e. The zero-order chi connectivity index (χ0) is 23.4. The van der Waals surface area contributed by atoms with Crippen molar-refractivity contribution in [2.24, 2.45) is 0 Å². The minimum absolute atomic E-state index is 0.0973. The molecule has 1 aliphatic rings. The number of morpholine rings is 1. The summed E-state index contributed by atoms with van der Waals surface area (Å²) in [5.74, 6) is -0.696.